The maximum atomic E-state index is 5.83. The normalized spacial score (nSPS) is 9.87. The molecule has 0 aliphatic rings. The molecule has 0 saturated heterocycles. The largest absolute Gasteiger partial charge is 0.397 e. The summed E-state index contributed by atoms with van der Waals surface area (Å²) in [7, 11) is 1.95. The van der Waals surface area contributed by atoms with Crippen LogP contribution in [0.3, 0.4) is 0 Å². The fourth-order valence-corrected chi connectivity index (χ4v) is 1.52. The van der Waals surface area contributed by atoms with Gasteiger partial charge < -0.3 is 10.3 Å². The molecule has 0 bridgehead atoms. The van der Waals surface area contributed by atoms with E-state index in [-0.39, 0.29) is 0 Å². The van der Waals surface area contributed by atoms with Crippen molar-refractivity contribution in [1.82, 2.24) is 9.55 Å². The molecule has 82 valence electrons. The van der Waals surface area contributed by atoms with Crippen molar-refractivity contribution in [2.75, 3.05) is 5.73 Å². The lowest BCUT2D eigenvalue weighted by molar-refractivity contribution is 0.948. The van der Waals surface area contributed by atoms with Gasteiger partial charge in [0.25, 0.3) is 0 Å². The summed E-state index contributed by atoms with van der Waals surface area (Å²) in [5.41, 5.74) is 7.49. The molecule has 0 unspecified atom stereocenters. The Morgan fingerprint density at radius 2 is 2.07 bits per heavy atom. The lowest BCUT2D eigenvalue weighted by Gasteiger charge is -1.99. The topological polar surface area (TPSA) is 43.8 Å². The highest BCUT2D eigenvalue weighted by atomic mass is 79.9. The van der Waals surface area contributed by atoms with Gasteiger partial charge in [0.15, 0.2) is 0 Å². The van der Waals surface area contributed by atoms with Gasteiger partial charge in [0.1, 0.15) is 5.65 Å². The summed E-state index contributed by atoms with van der Waals surface area (Å²) in [4.78, 5) is 4.24. The Morgan fingerprint density at radius 1 is 1.47 bits per heavy atom. The fraction of sp³-hybridized carbons (Fsp3) is 0.364. The van der Waals surface area contributed by atoms with E-state index in [9.17, 15) is 0 Å². The van der Waals surface area contributed by atoms with Gasteiger partial charge in [0.2, 0.25) is 0 Å². The molecule has 0 fully saturated rings. The molecule has 0 amide bonds. The van der Waals surface area contributed by atoms with Gasteiger partial charge in [-0.05, 0) is 22.0 Å². The number of nitrogens with two attached hydrogens (primary N) is 1. The number of fused-ring (bicyclic) bond motifs is 1. The summed E-state index contributed by atoms with van der Waals surface area (Å²) in [6.07, 6.45) is 4.91. The lowest BCUT2D eigenvalue weighted by atomic mass is 10.3. The van der Waals surface area contributed by atoms with E-state index in [1.54, 1.807) is 6.20 Å². The SMILES string of the molecule is CCC.Cn1ccc2c(N)c(Br)cnc21. The molecule has 2 aromatic heterocycles. The molecular formula is C11H16BrN3. The Hall–Kier alpha value is -1.03. The van der Waals surface area contributed by atoms with Crippen LogP contribution in [0.15, 0.2) is 22.9 Å². The van der Waals surface area contributed by atoms with Crippen molar-refractivity contribution in [3.63, 3.8) is 0 Å². The number of aryl methyl sites for hydroxylation is 1. The Balaban J connectivity index is 0.000000337. The predicted molar refractivity (Wildman–Crippen MR) is 68.8 cm³/mol. The Kier molecular flexibility index (Phi) is 4.15. The second-order valence-electron chi connectivity index (χ2n) is 3.39. The quantitative estimate of drug-likeness (QED) is 0.797. The van der Waals surface area contributed by atoms with Crippen LogP contribution in [-0.2, 0) is 7.05 Å². The first kappa shape index (κ1) is 12.0. The first-order chi connectivity index (χ1) is 7.11. The summed E-state index contributed by atoms with van der Waals surface area (Å²) >= 11 is 3.33. The van der Waals surface area contributed by atoms with Gasteiger partial charge in [-0.2, -0.15) is 0 Å². The maximum absolute atomic E-state index is 5.83. The van der Waals surface area contributed by atoms with Crippen LogP contribution in [0.4, 0.5) is 5.69 Å². The summed E-state index contributed by atoms with van der Waals surface area (Å²) in [6.45, 7) is 4.25. The third-order valence-corrected chi connectivity index (χ3v) is 2.52. The van der Waals surface area contributed by atoms with Crippen molar-refractivity contribution >= 4 is 32.7 Å². The Morgan fingerprint density at radius 3 is 2.67 bits per heavy atom. The third kappa shape index (κ3) is 2.50. The zero-order valence-electron chi connectivity index (χ0n) is 9.29. The van der Waals surface area contributed by atoms with Gasteiger partial charge >= 0.3 is 0 Å². The van der Waals surface area contributed by atoms with E-state index in [0.717, 1.165) is 21.2 Å². The minimum Gasteiger partial charge on any atom is -0.397 e. The molecule has 0 aliphatic carbocycles. The van der Waals surface area contributed by atoms with E-state index in [1.807, 2.05) is 23.9 Å². The molecule has 2 rings (SSSR count). The lowest BCUT2D eigenvalue weighted by Crippen LogP contribution is -1.92. The van der Waals surface area contributed by atoms with Gasteiger partial charge in [0.05, 0.1) is 10.2 Å². The van der Waals surface area contributed by atoms with Crippen LogP contribution in [0.2, 0.25) is 0 Å². The number of hydrogen-bond acceptors (Lipinski definition) is 2. The van der Waals surface area contributed by atoms with Crippen LogP contribution in [0.1, 0.15) is 20.3 Å². The van der Waals surface area contributed by atoms with Crippen molar-refractivity contribution in [3.8, 4) is 0 Å². The summed E-state index contributed by atoms with van der Waals surface area (Å²) in [5.74, 6) is 0. The van der Waals surface area contributed by atoms with E-state index in [2.05, 4.69) is 34.8 Å². The van der Waals surface area contributed by atoms with Crippen molar-refractivity contribution in [1.29, 1.82) is 0 Å². The molecule has 0 saturated carbocycles. The smallest absolute Gasteiger partial charge is 0.141 e. The van der Waals surface area contributed by atoms with Crippen molar-refractivity contribution in [3.05, 3.63) is 22.9 Å². The molecular weight excluding hydrogens is 254 g/mol. The van der Waals surface area contributed by atoms with E-state index in [0.29, 0.717) is 0 Å². The highest BCUT2D eigenvalue weighted by molar-refractivity contribution is 9.10. The van der Waals surface area contributed by atoms with Crippen LogP contribution in [0, 0.1) is 0 Å². The molecule has 0 atom stereocenters. The number of halogens is 1. The average molecular weight is 270 g/mol. The second-order valence-corrected chi connectivity index (χ2v) is 4.25. The minimum atomic E-state index is 0.751. The first-order valence-corrected chi connectivity index (χ1v) is 5.76. The molecule has 15 heavy (non-hydrogen) atoms. The van der Waals surface area contributed by atoms with Crippen molar-refractivity contribution < 1.29 is 0 Å². The Bertz CT molecular complexity index is 448. The second kappa shape index (κ2) is 5.16. The van der Waals surface area contributed by atoms with Crippen LogP contribution < -0.4 is 5.73 Å². The molecule has 0 aromatic carbocycles. The number of hydrogen-bond donors (Lipinski definition) is 1. The third-order valence-electron chi connectivity index (χ3n) is 1.89. The van der Waals surface area contributed by atoms with E-state index in [4.69, 9.17) is 5.73 Å². The molecule has 0 spiro atoms. The monoisotopic (exact) mass is 269 g/mol. The van der Waals surface area contributed by atoms with Crippen LogP contribution in [0.25, 0.3) is 11.0 Å². The number of aromatic nitrogens is 2. The number of nitrogens with zero attached hydrogens (tertiary/aromatic N) is 2. The number of nitrogen functional groups attached to an aromatic ring is 1. The van der Waals surface area contributed by atoms with Gasteiger partial charge in [-0.15, -0.1) is 0 Å². The van der Waals surface area contributed by atoms with Crippen molar-refractivity contribution in [2.24, 2.45) is 7.05 Å². The molecule has 3 nitrogen and oxygen atoms in total. The molecule has 2 heterocycles. The number of anilines is 1. The van der Waals surface area contributed by atoms with Gasteiger partial charge in [-0.1, -0.05) is 20.3 Å². The van der Waals surface area contributed by atoms with Crippen molar-refractivity contribution in [2.45, 2.75) is 20.3 Å². The van der Waals surface area contributed by atoms with Gasteiger partial charge in [0, 0.05) is 24.8 Å². The van der Waals surface area contributed by atoms with Crippen LogP contribution in [0.5, 0.6) is 0 Å². The number of pyridine rings is 1. The van der Waals surface area contributed by atoms with Gasteiger partial charge in [-0.3, -0.25) is 0 Å². The standard InChI is InChI=1S/C8H8BrN3.C3H8/c1-12-3-2-5-7(10)6(9)4-11-8(5)12;1-3-2/h2-4H,1H3,(H2,10,11);3H2,1-2H3. The summed E-state index contributed by atoms with van der Waals surface area (Å²) in [5, 5.41) is 0.992. The number of rotatable bonds is 0. The predicted octanol–water partition coefficient (Wildman–Crippen LogP) is 3.33. The highest BCUT2D eigenvalue weighted by Gasteiger charge is 2.05. The van der Waals surface area contributed by atoms with Crippen LogP contribution in [-0.4, -0.2) is 9.55 Å². The van der Waals surface area contributed by atoms with Gasteiger partial charge in [-0.25, -0.2) is 4.98 Å². The van der Waals surface area contributed by atoms with E-state index >= 15 is 0 Å². The Labute approximate surface area is 98.4 Å². The molecule has 2 aromatic rings. The average Bonchev–Trinajstić information content (AvgIpc) is 2.56. The minimum absolute atomic E-state index is 0.751. The first-order valence-electron chi connectivity index (χ1n) is 4.96. The fourth-order valence-electron chi connectivity index (χ4n) is 1.21. The molecule has 0 radical (unpaired) electrons. The summed E-state index contributed by atoms with van der Waals surface area (Å²) < 4.78 is 2.79. The van der Waals surface area contributed by atoms with E-state index in [1.165, 1.54) is 6.42 Å². The molecule has 2 N–H and O–H groups in total. The maximum Gasteiger partial charge on any atom is 0.141 e. The zero-order chi connectivity index (χ0) is 11.4. The zero-order valence-corrected chi connectivity index (χ0v) is 10.9. The molecule has 4 heteroatoms. The van der Waals surface area contributed by atoms with Crippen LogP contribution >= 0.6 is 15.9 Å². The van der Waals surface area contributed by atoms with E-state index < -0.39 is 0 Å². The summed E-state index contributed by atoms with van der Waals surface area (Å²) in [6, 6.07) is 1.96. The highest BCUT2D eigenvalue weighted by Crippen LogP contribution is 2.26. The molecule has 0 aliphatic heterocycles.